The Labute approximate surface area is 96.2 Å². The lowest BCUT2D eigenvalue weighted by atomic mass is 10.3. The Bertz CT molecular complexity index is 316. The number of piperazine rings is 1. The first-order valence-corrected chi connectivity index (χ1v) is 5.73. The molecule has 0 aliphatic carbocycles. The number of pyridine rings is 1. The van der Waals surface area contributed by atoms with Gasteiger partial charge in [-0.3, -0.25) is 0 Å². The third-order valence-electron chi connectivity index (χ3n) is 3.08. The zero-order chi connectivity index (χ0) is 11.4. The van der Waals surface area contributed by atoms with Crippen LogP contribution < -0.4 is 16.2 Å². The summed E-state index contributed by atoms with van der Waals surface area (Å²) in [7, 11) is 0. The summed E-state index contributed by atoms with van der Waals surface area (Å²) in [6, 6.07) is 3.96. The molecule has 0 spiro atoms. The van der Waals surface area contributed by atoms with Crippen molar-refractivity contribution < 1.29 is 0 Å². The number of nitrogen functional groups attached to an aromatic ring is 1. The van der Waals surface area contributed by atoms with Gasteiger partial charge < -0.3 is 15.2 Å². The Kier molecular flexibility index (Phi) is 3.58. The zero-order valence-electron chi connectivity index (χ0n) is 9.69. The number of rotatable bonds is 3. The molecule has 0 unspecified atom stereocenters. The van der Waals surface area contributed by atoms with Gasteiger partial charge in [0.1, 0.15) is 5.82 Å². The molecule has 1 aliphatic heterocycles. The highest BCUT2D eigenvalue weighted by molar-refractivity contribution is 5.49. The molecule has 0 saturated carbocycles. The molecule has 0 bridgehead atoms. The van der Waals surface area contributed by atoms with E-state index in [1.54, 1.807) is 0 Å². The van der Waals surface area contributed by atoms with Crippen LogP contribution in [0.5, 0.6) is 0 Å². The van der Waals surface area contributed by atoms with Crippen molar-refractivity contribution in [1.29, 1.82) is 0 Å². The van der Waals surface area contributed by atoms with Crippen LogP contribution in [0.3, 0.4) is 0 Å². The van der Waals surface area contributed by atoms with Gasteiger partial charge in [0.2, 0.25) is 0 Å². The molecule has 5 heteroatoms. The Morgan fingerprint density at radius 1 is 1.31 bits per heavy atom. The fraction of sp³-hybridized carbons (Fsp3) is 0.545. The molecular formula is C11H19N5. The van der Waals surface area contributed by atoms with E-state index in [1.807, 2.05) is 12.3 Å². The van der Waals surface area contributed by atoms with Gasteiger partial charge >= 0.3 is 0 Å². The predicted molar refractivity (Wildman–Crippen MR) is 66.4 cm³/mol. The topological polar surface area (TPSA) is 57.4 Å². The Balaban J connectivity index is 1.97. The van der Waals surface area contributed by atoms with E-state index in [4.69, 9.17) is 5.84 Å². The van der Waals surface area contributed by atoms with Crippen molar-refractivity contribution >= 4 is 11.5 Å². The fourth-order valence-electron chi connectivity index (χ4n) is 1.98. The number of hydrogen-bond acceptors (Lipinski definition) is 5. The van der Waals surface area contributed by atoms with Crippen LogP contribution in [0.15, 0.2) is 18.3 Å². The van der Waals surface area contributed by atoms with Gasteiger partial charge in [-0.15, -0.1) is 0 Å². The summed E-state index contributed by atoms with van der Waals surface area (Å²) < 4.78 is 0. The quantitative estimate of drug-likeness (QED) is 0.575. The van der Waals surface area contributed by atoms with E-state index < -0.39 is 0 Å². The molecule has 3 N–H and O–H groups in total. The van der Waals surface area contributed by atoms with E-state index >= 15 is 0 Å². The number of hydrazine groups is 1. The first-order valence-electron chi connectivity index (χ1n) is 5.73. The van der Waals surface area contributed by atoms with Crippen molar-refractivity contribution in [3.63, 3.8) is 0 Å². The third-order valence-corrected chi connectivity index (χ3v) is 3.08. The predicted octanol–water partition coefficient (Wildman–Crippen LogP) is 0.509. The fourth-order valence-corrected chi connectivity index (χ4v) is 1.98. The smallest absolute Gasteiger partial charge is 0.140 e. The van der Waals surface area contributed by atoms with Crippen LogP contribution in [-0.2, 0) is 0 Å². The van der Waals surface area contributed by atoms with Gasteiger partial charge in [0.15, 0.2) is 0 Å². The SMILES string of the molecule is CCN1CCN(c2ccc(NN)nc2)CC1. The Morgan fingerprint density at radius 3 is 2.56 bits per heavy atom. The second-order valence-electron chi connectivity index (χ2n) is 3.97. The van der Waals surface area contributed by atoms with Gasteiger partial charge in [-0.25, -0.2) is 10.8 Å². The Hall–Kier alpha value is -1.33. The van der Waals surface area contributed by atoms with Crippen LogP contribution in [0.4, 0.5) is 11.5 Å². The van der Waals surface area contributed by atoms with Crippen LogP contribution in [0.1, 0.15) is 6.92 Å². The van der Waals surface area contributed by atoms with Gasteiger partial charge in [-0.1, -0.05) is 6.92 Å². The molecule has 1 saturated heterocycles. The summed E-state index contributed by atoms with van der Waals surface area (Å²) in [5.41, 5.74) is 3.71. The van der Waals surface area contributed by atoms with Gasteiger partial charge in [-0.05, 0) is 18.7 Å². The minimum Gasteiger partial charge on any atom is -0.368 e. The minimum atomic E-state index is 0.705. The third kappa shape index (κ3) is 2.43. The molecule has 1 aromatic heterocycles. The van der Waals surface area contributed by atoms with Crippen molar-refractivity contribution in [1.82, 2.24) is 9.88 Å². The molecule has 1 fully saturated rings. The van der Waals surface area contributed by atoms with E-state index in [1.165, 1.54) is 5.69 Å². The summed E-state index contributed by atoms with van der Waals surface area (Å²) in [5.74, 6) is 5.99. The maximum atomic E-state index is 5.28. The van der Waals surface area contributed by atoms with Crippen LogP contribution >= 0.6 is 0 Å². The number of nitrogens with one attached hydrogen (secondary N) is 1. The molecule has 5 nitrogen and oxygen atoms in total. The molecule has 1 aliphatic rings. The second kappa shape index (κ2) is 5.14. The number of aromatic nitrogens is 1. The molecule has 88 valence electrons. The van der Waals surface area contributed by atoms with Crippen LogP contribution in [0.25, 0.3) is 0 Å². The summed E-state index contributed by atoms with van der Waals surface area (Å²) in [4.78, 5) is 9.04. The summed E-state index contributed by atoms with van der Waals surface area (Å²) in [6.45, 7) is 7.76. The number of anilines is 2. The second-order valence-corrected chi connectivity index (χ2v) is 3.97. The lowest BCUT2D eigenvalue weighted by Crippen LogP contribution is -2.46. The van der Waals surface area contributed by atoms with E-state index in [0.717, 1.165) is 32.7 Å². The van der Waals surface area contributed by atoms with Gasteiger partial charge in [0.05, 0.1) is 11.9 Å². The summed E-state index contributed by atoms with van der Waals surface area (Å²) in [5, 5.41) is 0. The molecule has 2 rings (SSSR count). The van der Waals surface area contributed by atoms with E-state index in [2.05, 4.69) is 33.2 Å². The van der Waals surface area contributed by atoms with Crippen molar-refractivity contribution in [2.24, 2.45) is 5.84 Å². The first-order chi connectivity index (χ1) is 7.83. The molecule has 2 heterocycles. The van der Waals surface area contributed by atoms with E-state index in [0.29, 0.717) is 5.82 Å². The molecule has 1 aromatic rings. The maximum absolute atomic E-state index is 5.28. The molecule has 16 heavy (non-hydrogen) atoms. The Morgan fingerprint density at radius 2 is 2.06 bits per heavy atom. The normalized spacial score (nSPS) is 17.5. The average molecular weight is 221 g/mol. The monoisotopic (exact) mass is 221 g/mol. The van der Waals surface area contributed by atoms with Crippen molar-refractivity contribution in [2.45, 2.75) is 6.92 Å². The highest BCUT2D eigenvalue weighted by Crippen LogP contribution is 2.16. The molecule has 0 aromatic carbocycles. The minimum absolute atomic E-state index is 0.705. The van der Waals surface area contributed by atoms with E-state index in [9.17, 15) is 0 Å². The standard InChI is InChI=1S/C11H19N5/c1-2-15-5-7-16(8-6-15)10-3-4-11(14-12)13-9-10/h3-4,9H,2,5-8,12H2,1H3,(H,13,14). The summed E-state index contributed by atoms with van der Waals surface area (Å²) in [6.07, 6.45) is 1.87. The van der Waals surface area contributed by atoms with Crippen molar-refractivity contribution in [2.75, 3.05) is 43.0 Å². The van der Waals surface area contributed by atoms with E-state index in [-0.39, 0.29) is 0 Å². The molecule has 0 amide bonds. The van der Waals surface area contributed by atoms with Gasteiger partial charge in [-0.2, -0.15) is 0 Å². The van der Waals surface area contributed by atoms with Crippen molar-refractivity contribution in [3.8, 4) is 0 Å². The van der Waals surface area contributed by atoms with Gasteiger partial charge in [0, 0.05) is 26.2 Å². The molecule has 0 atom stereocenters. The van der Waals surface area contributed by atoms with Crippen LogP contribution in [-0.4, -0.2) is 42.6 Å². The zero-order valence-corrected chi connectivity index (χ0v) is 9.69. The highest BCUT2D eigenvalue weighted by atomic mass is 15.3. The average Bonchev–Trinajstić information content (AvgIpc) is 2.39. The largest absolute Gasteiger partial charge is 0.368 e. The highest BCUT2D eigenvalue weighted by Gasteiger charge is 2.15. The number of nitrogens with zero attached hydrogens (tertiary/aromatic N) is 3. The molecular weight excluding hydrogens is 202 g/mol. The van der Waals surface area contributed by atoms with Crippen LogP contribution in [0, 0.1) is 0 Å². The first kappa shape index (κ1) is 11.2. The maximum Gasteiger partial charge on any atom is 0.140 e. The van der Waals surface area contributed by atoms with Crippen LogP contribution in [0.2, 0.25) is 0 Å². The molecule has 0 radical (unpaired) electrons. The summed E-state index contributed by atoms with van der Waals surface area (Å²) >= 11 is 0. The lowest BCUT2D eigenvalue weighted by Gasteiger charge is -2.35. The van der Waals surface area contributed by atoms with Crippen molar-refractivity contribution in [3.05, 3.63) is 18.3 Å². The lowest BCUT2D eigenvalue weighted by molar-refractivity contribution is 0.271. The number of hydrogen-bond donors (Lipinski definition) is 2. The number of likely N-dealkylation sites (N-methyl/N-ethyl adjacent to an activating group) is 1. The van der Waals surface area contributed by atoms with Gasteiger partial charge in [0.25, 0.3) is 0 Å². The number of nitrogens with two attached hydrogens (primary N) is 1.